The maximum absolute atomic E-state index is 10.2. The van der Waals surface area contributed by atoms with Crippen LogP contribution < -0.4 is 5.73 Å². The van der Waals surface area contributed by atoms with Gasteiger partial charge < -0.3 is 10.8 Å². The average molecular weight is 271 g/mol. The summed E-state index contributed by atoms with van der Waals surface area (Å²) in [6, 6.07) is 0. The maximum Gasteiger partial charge on any atom is 0.0792 e. The van der Waals surface area contributed by atoms with E-state index < -0.39 is 11.1 Å². The van der Waals surface area contributed by atoms with Gasteiger partial charge in [0.05, 0.1) is 5.60 Å². The van der Waals surface area contributed by atoms with Gasteiger partial charge in [0, 0.05) is 5.54 Å². The summed E-state index contributed by atoms with van der Waals surface area (Å²) >= 11 is 0. The molecule has 0 aromatic heterocycles. The van der Waals surface area contributed by atoms with E-state index in [0.717, 1.165) is 12.8 Å². The molecule has 0 radical (unpaired) electrons. The zero-order valence-electron chi connectivity index (χ0n) is 13.8. The molecule has 3 N–H and O–H groups in total. The molecule has 116 valence electrons. The van der Waals surface area contributed by atoms with Crippen molar-refractivity contribution in [2.45, 2.75) is 109 Å². The Morgan fingerprint density at radius 3 is 1.47 bits per heavy atom. The smallest absolute Gasteiger partial charge is 0.0792 e. The summed E-state index contributed by atoms with van der Waals surface area (Å²) in [5.41, 5.74) is 4.73. The van der Waals surface area contributed by atoms with Crippen LogP contribution in [0, 0.1) is 0 Å². The Hall–Kier alpha value is -0.0800. The minimum atomic E-state index is -0.743. The second-order valence-corrected chi connectivity index (χ2v) is 6.93. The molecule has 2 heteroatoms. The highest BCUT2D eigenvalue weighted by molar-refractivity contribution is 4.93. The molecule has 0 aromatic rings. The van der Waals surface area contributed by atoms with E-state index in [1.165, 1.54) is 57.8 Å². The molecule has 0 aliphatic rings. The Labute approximate surface area is 121 Å². The van der Waals surface area contributed by atoms with Gasteiger partial charge in [0.1, 0.15) is 0 Å². The van der Waals surface area contributed by atoms with E-state index in [0.29, 0.717) is 0 Å². The van der Waals surface area contributed by atoms with Gasteiger partial charge >= 0.3 is 0 Å². The van der Waals surface area contributed by atoms with Crippen molar-refractivity contribution in [3.8, 4) is 0 Å². The van der Waals surface area contributed by atoms with Gasteiger partial charge in [-0.15, -0.1) is 0 Å². The molecule has 0 bridgehead atoms. The van der Waals surface area contributed by atoms with Gasteiger partial charge in [-0.3, -0.25) is 0 Å². The van der Waals surface area contributed by atoms with Crippen LogP contribution in [0.3, 0.4) is 0 Å². The van der Waals surface area contributed by atoms with E-state index in [1.807, 2.05) is 20.8 Å². The molecule has 1 atom stereocenters. The van der Waals surface area contributed by atoms with Gasteiger partial charge in [0.15, 0.2) is 0 Å². The second kappa shape index (κ2) is 9.77. The minimum Gasteiger partial charge on any atom is -0.388 e. The molecule has 0 fully saturated rings. The van der Waals surface area contributed by atoms with Crippen LogP contribution in [0.4, 0.5) is 0 Å². The first kappa shape index (κ1) is 18.9. The van der Waals surface area contributed by atoms with Gasteiger partial charge in [0.25, 0.3) is 0 Å². The minimum absolute atomic E-state index is 0.508. The number of rotatable bonds is 12. The highest BCUT2D eigenvalue weighted by atomic mass is 16.3. The predicted molar refractivity (Wildman–Crippen MR) is 85.4 cm³/mol. The van der Waals surface area contributed by atoms with Crippen molar-refractivity contribution in [1.82, 2.24) is 0 Å². The van der Waals surface area contributed by atoms with Crippen LogP contribution in [0.1, 0.15) is 98.3 Å². The molecular weight excluding hydrogens is 234 g/mol. The standard InChI is InChI=1S/C17H37NO/c1-5-6-7-8-9-10-11-12-13-14-15-17(4,19)16(2,3)18/h19H,5-15,18H2,1-4H3. The van der Waals surface area contributed by atoms with Crippen molar-refractivity contribution >= 4 is 0 Å². The molecule has 0 heterocycles. The van der Waals surface area contributed by atoms with Crippen molar-refractivity contribution in [3.63, 3.8) is 0 Å². The average Bonchev–Trinajstić information content (AvgIpc) is 2.30. The van der Waals surface area contributed by atoms with Gasteiger partial charge in [-0.25, -0.2) is 0 Å². The summed E-state index contributed by atoms with van der Waals surface area (Å²) in [6.45, 7) is 7.94. The van der Waals surface area contributed by atoms with Crippen LogP contribution in [0.15, 0.2) is 0 Å². The molecule has 0 aliphatic heterocycles. The molecule has 0 spiro atoms. The van der Waals surface area contributed by atoms with Crippen LogP contribution in [0.25, 0.3) is 0 Å². The Bertz CT molecular complexity index is 206. The van der Waals surface area contributed by atoms with Crippen molar-refractivity contribution in [1.29, 1.82) is 0 Å². The van der Waals surface area contributed by atoms with Crippen LogP contribution in [-0.4, -0.2) is 16.2 Å². The lowest BCUT2D eigenvalue weighted by molar-refractivity contribution is -0.0135. The van der Waals surface area contributed by atoms with Crippen LogP contribution in [0.2, 0.25) is 0 Å². The Kier molecular flexibility index (Phi) is 9.72. The van der Waals surface area contributed by atoms with E-state index in [4.69, 9.17) is 5.73 Å². The van der Waals surface area contributed by atoms with Crippen molar-refractivity contribution in [3.05, 3.63) is 0 Å². The molecule has 0 aromatic carbocycles. The fraction of sp³-hybridized carbons (Fsp3) is 1.00. The quantitative estimate of drug-likeness (QED) is 0.501. The number of unbranched alkanes of at least 4 members (excludes halogenated alkanes) is 9. The van der Waals surface area contributed by atoms with Gasteiger partial charge in [-0.1, -0.05) is 71.1 Å². The highest BCUT2D eigenvalue weighted by Crippen LogP contribution is 2.25. The first-order valence-electron chi connectivity index (χ1n) is 8.32. The van der Waals surface area contributed by atoms with E-state index in [9.17, 15) is 5.11 Å². The first-order valence-corrected chi connectivity index (χ1v) is 8.32. The highest BCUT2D eigenvalue weighted by Gasteiger charge is 2.34. The molecule has 0 saturated heterocycles. The lowest BCUT2D eigenvalue weighted by Gasteiger charge is -2.37. The third-order valence-corrected chi connectivity index (χ3v) is 4.41. The summed E-state index contributed by atoms with van der Waals surface area (Å²) in [5.74, 6) is 0. The number of hydrogen-bond acceptors (Lipinski definition) is 2. The summed E-state index contributed by atoms with van der Waals surface area (Å²) in [4.78, 5) is 0. The molecule has 1 unspecified atom stereocenters. The zero-order valence-corrected chi connectivity index (χ0v) is 13.8. The monoisotopic (exact) mass is 271 g/mol. The third-order valence-electron chi connectivity index (χ3n) is 4.41. The van der Waals surface area contributed by atoms with Crippen molar-refractivity contribution < 1.29 is 5.11 Å². The maximum atomic E-state index is 10.2. The number of aliphatic hydroxyl groups is 1. The molecular formula is C17H37NO. The van der Waals surface area contributed by atoms with E-state index >= 15 is 0 Å². The van der Waals surface area contributed by atoms with Crippen LogP contribution in [0.5, 0.6) is 0 Å². The molecule has 19 heavy (non-hydrogen) atoms. The topological polar surface area (TPSA) is 46.2 Å². The van der Waals surface area contributed by atoms with E-state index in [1.54, 1.807) is 0 Å². The van der Waals surface area contributed by atoms with Crippen molar-refractivity contribution in [2.75, 3.05) is 0 Å². The molecule has 2 nitrogen and oxygen atoms in total. The SMILES string of the molecule is CCCCCCCCCCCCC(C)(O)C(C)(C)N. The zero-order chi connectivity index (χ0) is 14.8. The predicted octanol–water partition coefficient (Wildman–Crippen LogP) is 4.79. The molecule has 0 aliphatic carbocycles. The largest absolute Gasteiger partial charge is 0.388 e. The number of hydrogen-bond donors (Lipinski definition) is 2. The Balaban J connectivity index is 3.37. The number of nitrogens with two attached hydrogens (primary N) is 1. The summed E-state index contributed by atoms with van der Waals surface area (Å²) in [5, 5.41) is 10.2. The molecule has 0 saturated carbocycles. The normalized spacial score (nSPS) is 15.5. The second-order valence-electron chi connectivity index (χ2n) is 6.93. The van der Waals surface area contributed by atoms with E-state index in [2.05, 4.69) is 6.92 Å². The fourth-order valence-electron chi connectivity index (χ4n) is 2.28. The third kappa shape index (κ3) is 9.45. The van der Waals surface area contributed by atoms with Gasteiger partial charge in [-0.05, 0) is 27.2 Å². The summed E-state index contributed by atoms with van der Waals surface area (Å²) in [7, 11) is 0. The summed E-state index contributed by atoms with van der Waals surface area (Å²) in [6.07, 6.45) is 14.1. The summed E-state index contributed by atoms with van der Waals surface area (Å²) < 4.78 is 0. The lowest BCUT2D eigenvalue weighted by Crippen LogP contribution is -2.54. The fourth-order valence-corrected chi connectivity index (χ4v) is 2.28. The Morgan fingerprint density at radius 2 is 1.11 bits per heavy atom. The van der Waals surface area contributed by atoms with Crippen LogP contribution >= 0.6 is 0 Å². The van der Waals surface area contributed by atoms with Crippen molar-refractivity contribution in [2.24, 2.45) is 5.73 Å². The Morgan fingerprint density at radius 1 is 0.737 bits per heavy atom. The van der Waals surface area contributed by atoms with Gasteiger partial charge in [0.2, 0.25) is 0 Å². The van der Waals surface area contributed by atoms with Crippen LogP contribution in [-0.2, 0) is 0 Å². The van der Waals surface area contributed by atoms with Gasteiger partial charge in [-0.2, -0.15) is 0 Å². The molecule has 0 amide bonds. The molecule has 0 rings (SSSR count). The van der Waals surface area contributed by atoms with E-state index in [-0.39, 0.29) is 0 Å². The first-order chi connectivity index (χ1) is 8.81. The lowest BCUT2D eigenvalue weighted by atomic mass is 9.81.